The molecule has 0 saturated carbocycles. The van der Waals surface area contributed by atoms with Gasteiger partial charge in [-0.25, -0.2) is 4.98 Å². The zero-order valence-electron chi connectivity index (χ0n) is 11.4. The molecule has 0 fully saturated rings. The number of aromatic nitrogens is 1. The number of hydrogen-bond acceptors (Lipinski definition) is 3. The highest BCUT2D eigenvalue weighted by Gasteiger charge is 2.18. The minimum Gasteiger partial charge on any atom is -0.298 e. The molecule has 3 heteroatoms. The van der Waals surface area contributed by atoms with Gasteiger partial charge < -0.3 is 0 Å². The second kappa shape index (κ2) is 5.66. The lowest BCUT2D eigenvalue weighted by molar-refractivity contribution is 0.477. The first kappa shape index (κ1) is 14.2. The van der Waals surface area contributed by atoms with Gasteiger partial charge in [0.25, 0.3) is 0 Å². The van der Waals surface area contributed by atoms with Crippen LogP contribution in [-0.4, -0.2) is 11.0 Å². The molecule has 0 aliphatic carbocycles. The quantitative estimate of drug-likeness (QED) is 0.830. The number of nitrogens with one attached hydrogen (secondary N) is 1. The van der Waals surface area contributed by atoms with E-state index in [0.717, 1.165) is 6.54 Å². The van der Waals surface area contributed by atoms with Crippen molar-refractivity contribution in [3.8, 4) is 12.3 Å². The molecule has 0 aromatic carbocycles. The van der Waals surface area contributed by atoms with Gasteiger partial charge in [0.05, 0.1) is 11.0 Å². The summed E-state index contributed by atoms with van der Waals surface area (Å²) in [5.41, 5.74) is 0.131. The number of thiazole rings is 1. The molecule has 1 rings (SSSR count). The third kappa shape index (κ3) is 4.14. The number of hydrogen-bond donors (Lipinski definition) is 1. The summed E-state index contributed by atoms with van der Waals surface area (Å²) in [7, 11) is 0. The van der Waals surface area contributed by atoms with Gasteiger partial charge in [0.15, 0.2) is 0 Å². The summed E-state index contributed by atoms with van der Waals surface area (Å²) < 4.78 is 0. The summed E-state index contributed by atoms with van der Waals surface area (Å²) in [6, 6.07) is 0.134. The van der Waals surface area contributed by atoms with Crippen molar-refractivity contribution in [3.63, 3.8) is 0 Å². The van der Waals surface area contributed by atoms with Crippen LogP contribution < -0.4 is 5.32 Å². The first-order valence-electron chi connectivity index (χ1n) is 5.99. The van der Waals surface area contributed by atoms with E-state index in [1.807, 2.05) is 6.20 Å². The summed E-state index contributed by atoms with van der Waals surface area (Å²) in [6.07, 6.45) is 7.44. The van der Waals surface area contributed by atoms with Crippen LogP contribution in [-0.2, 0) is 12.0 Å². The van der Waals surface area contributed by atoms with E-state index in [2.05, 4.69) is 50.8 Å². The van der Waals surface area contributed by atoms with Crippen molar-refractivity contribution in [2.45, 2.75) is 52.6 Å². The minimum absolute atomic E-state index is 0.131. The maximum absolute atomic E-state index is 5.49. The molecule has 2 nitrogen and oxygen atoms in total. The molecule has 1 N–H and O–H groups in total. The molecule has 0 aliphatic heterocycles. The van der Waals surface area contributed by atoms with E-state index < -0.39 is 0 Å². The van der Waals surface area contributed by atoms with E-state index in [-0.39, 0.29) is 11.5 Å². The van der Waals surface area contributed by atoms with Gasteiger partial charge in [0, 0.05) is 23.0 Å². The predicted octanol–water partition coefficient (Wildman–Crippen LogP) is 3.19. The van der Waals surface area contributed by atoms with Crippen LogP contribution in [0.25, 0.3) is 0 Å². The third-order valence-electron chi connectivity index (χ3n) is 2.54. The van der Waals surface area contributed by atoms with Gasteiger partial charge in [-0.1, -0.05) is 40.5 Å². The lowest BCUT2D eigenvalue weighted by Gasteiger charge is -2.16. The predicted molar refractivity (Wildman–Crippen MR) is 75.1 cm³/mol. The Morgan fingerprint density at radius 2 is 2.12 bits per heavy atom. The van der Waals surface area contributed by atoms with Crippen LogP contribution >= 0.6 is 11.3 Å². The monoisotopic (exact) mass is 250 g/mol. The SMILES string of the molecule is C#CC(NCc1cnc(C(C)(C)C)s1)C(C)C. The van der Waals surface area contributed by atoms with Crippen molar-refractivity contribution in [2.75, 3.05) is 0 Å². The molecule has 1 heterocycles. The molecule has 94 valence electrons. The van der Waals surface area contributed by atoms with Crippen molar-refractivity contribution in [1.82, 2.24) is 10.3 Å². The first-order chi connectivity index (χ1) is 7.84. The molecule has 1 atom stereocenters. The van der Waals surface area contributed by atoms with Gasteiger partial charge in [-0.05, 0) is 5.92 Å². The zero-order valence-corrected chi connectivity index (χ0v) is 12.2. The topological polar surface area (TPSA) is 24.9 Å². The van der Waals surface area contributed by atoms with Crippen molar-refractivity contribution >= 4 is 11.3 Å². The van der Waals surface area contributed by atoms with Crippen molar-refractivity contribution < 1.29 is 0 Å². The van der Waals surface area contributed by atoms with Crippen LogP contribution in [0.1, 0.15) is 44.5 Å². The van der Waals surface area contributed by atoms with E-state index in [9.17, 15) is 0 Å². The Labute approximate surface area is 109 Å². The molecular weight excluding hydrogens is 228 g/mol. The van der Waals surface area contributed by atoms with Crippen molar-refractivity contribution in [1.29, 1.82) is 0 Å². The fraction of sp³-hybridized carbons (Fsp3) is 0.643. The fourth-order valence-electron chi connectivity index (χ4n) is 1.43. The Balaban J connectivity index is 2.59. The van der Waals surface area contributed by atoms with Crippen molar-refractivity contribution in [3.05, 3.63) is 16.1 Å². The summed E-state index contributed by atoms with van der Waals surface area (Å²) in [5.74, 6) is 3.24. The lowest BCUT2D eigenvalue weighted by atomic mass is 9.98. The van der Waals surface area contributed by atoms with Crippen LogP contribution in [0.15, 0.2) is 6.20 Å². The Kier molecular flexibility index (Phi) is 4.73. The van der Waals surface area contributed by atoms with Crippen LogP contribution in [0.5, 0.6) is 0 Å². The maximum atomic E-state index is 5.49. The normalized spacial score (nSPS) is 13.7. The molecule has 0 saturated heterocycles. The Hall–Kier alpha value is -0.850. The van der Waals surface area contributed by atoms with E-state index in [0.29, 0.717) is 5.92 Å². The van der Waals surface area contributed by atoms with E-state index >= 15 is 0 Å². The molecule has 1 unspecified atom stereocenters. The third-order valence-corrected chi connectivity index (χ3v) is 3.96. The van der Waals surface area contributed by atoms with Crippen LogP contribution in [0.3, 0.4) is 0 Å². The number of terminal acetylenes is 1. The lowest BCUT2D eigenvalue weighted by Crippen LogP contribution is -2.31. The zero-order chi connectivity index (χ0) is 13.1. The largest absolute Gasteiger partial charge is 0.298 e. The van der Waals surface area contributed by atoms with Gasteiger partial charge in [-0.3, -0.25) is 5.32 Å². The number of rotatable bonds is 4. The molecule has 0 bridgehead atoms. The average Bonchev–Trinajstić information content (AvgIpc) is 2.66. The van der Waals surface area contributed by atoms with E-state index in [4.69, 9.17) is 6.42 Å². The molecule has 0 aliphatic rings. The summed E-state index contributed by atoms with van der Waals surface area (Å²) in [6.45, 7) is 11.6. The molecule has 1 aromatic heterocycles. The average molecular weight is 250 g/mol. The molecule has 1 aromatic rings. The highest BCUT2D eigenvalue weighted by atomic mass is 32.1. The Morgan fingerprint density at radius 1 is 1.47 bits per heavy atom. The minimum atomic E-state index is 0.131. The fourth-order valence-corrected chi connectivity index (χ4v) is 2.35. The molecule has 0 radical (unpaired) electrons. The summed E-state index contributed by atoms with van der Waals surface area (Å²) in [4.78, 5) is 5.71. The van der Waals surface area contributed by atoms with Gasteiger partial charge in [0.2, 0.25) is 0 Å². The van der Waals surface area contributed by atoms with Gasteiger partial charge in [-0.15, -0.1) is 17.8 Å². The Morgan fingerprint density at radius 3 is 2.53 bits per heavy atom. The maximum Gasteiger partial charge on any atom is 0.0981 e. The first-order valence-corrected chi connectivity index (χ1v) is 6.81. The van der Waals surface area contributed by atoms with E-state index in [1.165, 1.54) is 9.88 Å². The molecule has 0 spiro atoms. The van der Waals surface area contributed by atoms with Gasteiger partial charge in [-0.2, -0.15) is 0 Å². The smallest absolute Gasteiger partial charge is 0.0981 e. The summed E-state index contributed by atoms with van der Waals surface area (Å²) in [5, 5.41) is 4.56. The molecule has 17 heavy (non-hydrogen) atoms. The van der Waals surface area contributed by atoms with Crippen LogP contribution in [0.4, 0.5) is 0 Å². The van der Waals surface area contributed by atoms with Crippen LogP contribution in [0.2, 0.25) is 0 Å². The van der Waals surface area contributed by atoms with Crippen LogP contribution in [0, 0.1) is 18.3 Å². The summed E-state index contributed by atoms with van der Waals surface area (Å²) >= 11 is 1.76. The number of nitrogens with zero attached hydrogens (tertiary/aromatic N) is 1. The Bertz CT molecular complexity index is 393. The molecule has 0 amide bonds. The second-order valence-corrected chi connectivity index (χ2v) is 6.77. The second-order valence-electron chi connectivity index (χ2n) is 5.65. The van der Waals surface area contributed by atoms with E-state index in [1.54, 1.807) is 11.3 Å². The standard InChI is InChI=1S/C14H22N2S/c1-7-12(10(2)3)15-8-11-9-16-13(17-11)14(4,5)6/h1,9-10,12,15H,8H2,2-6H3. The van der Waals surface area contributed by atoms with Crippen molar-refractivity contribution in [2.24, 2.45) is 5.92 Å². The van der Waals surface area contributed by atoms with Gasteiger partial charge in [0.1, 0.15) is 0 Å². The highest BCUT2D eigenvalue weighted by Crippen LogP contribution is 2.26. The van der Waals surface area contributed by atoms with Gasteiger partial charge >= 0.3 is 0 Å². The molecular formula is C14H22N2S. The highest BCUT2D eigenvalue weighted by molar-refractivity contribution is 7.11.